The number of halogens is 2. The molecule has 0 spiro atoms. The van der Waals surface area contributed by atoms with Gasteiger partial charge in [0.15, 0.2) is 0 Å². The minimum atomic E-state index is 0.615. The van der Waals surface area contributed by atoms with Gasteiger partial charge in [0.1, 0.15) is 0 Å². The molecule has 1 N–H and O–H groups in total. The van der Waals surface area contributed by atoms with Crippen LogP contribution in [0.1, 0.15) is 38.7 Å². The van der Waals surface area contributed by atoms with Gasteiger partial charge in [-0.3, -0.25) is 5.43 Å². The van der Waals surface area contributed by atoms with Gasteiger partial charge in [-0.2, -0.15) is 0 Å². The standard InChI is InChI=1S/C14H20BrClN2/c1-10-4-3-5-11(2)18(10)17-9-12-6-7-14(16)13(15)8-12/h6-8,10-11,17H,3-5,9H2,1-2H3. The Bertz CT molecular complexity index is 401. The Kier molecular flexibility index (Phi) is 5.07. The summed E-state index contributed by atoms with van der Waals surface area (Å²) in [6.45, 7) is 5.44. The molecular formula is C14H20BrClN2. The molecule has 1 fully saturated rings. The van der Waals surface area contributed by atoms with Crippen molar-refractivity contribution in [3.05, 3.63) is 33.3 Å². The van der Waals surface area contributed by atoms with E-state index in [1.807, 2.05) is 6.07 Å². The molecule has 18 heavy (non-hydrogen) atoms. The number of hydrogen-bond donors (Lipinski definition) is 1. The van der Waals surface area contributed by atoms with Gasteiger partial charge >= 0.3 is 0 Å². The van der Waals surface area contributed by atoms with E-state index >= 15 is 0 Å². The number of nitrogens with one attached hydrogen (secondary N) is 1. The third-order valence-corrected chi connectivity index (χ3v) is 4.86. The maximum Gasteiger partial charge on any atom is 0.0548 e. The second kappa shape index (κ2) is 6.38. The van der Waals surface area contributed by atoms with Crippen LogP contribution >= 0.6 is 27.5 Å². The third-order valence-electron chi connectivity index (χ3n) is 3.64. The molecule has 2 nitrogen and oxygen atoms in total. The van der Waals surface area contributed by atoms with Crippen LogP contribution in [0, 0.1) is 0 Å². The molecule has 100 valence electrons. The summed E-state index contributed by atoms with van der Waals surface area (Å²) in [5.41, 5.74) is 4.80. The van der Waals surface area contributed by atoms with Crippen molar-refractivity contribution in [2.24, 2.45) is 0 Å². The number of nitrogens with zero attached hydrogens (tertiary/aromatic N) is 1. The molecule has 1 saturated heterocycles. The zero-order valence-electron chi connectivity index (χ0n) is 10.9. The fraction of sp³-hybridized carbons (Fsp3) is 0.571. The van der Waals surface area contributed by atoms with E-state index in [9.17, 15) is 0 Å². The van der Waals surface area contributed by atoms with Crippen LogP contribution < -0.4 is 5.43 Å². The molecule has 2 unspecified atom stereocenters. The Morgan fingerprint density at radius 3 is 2.61 bits per heavy atom. The minimum absolute atomic E-state index is 0.615. The van der Waals surface area contributed by atoms with Crippen molar-refractivity contribution in [3.63, 3.8) is 0 Å². The lowest BCUT2D eigenvalue weighted by atomic mass is 10.00. The summed E-state index contributed by atoms with van der Waals surface area (Å²) in [5.74, 6) is 0. The van der Waals surface area contributed by atoms with Crippen molar-refractivity contribution >= 4 is 27.5 Å². The lowest BCUT2D eigenvalue weighted by Gasteiger charge is -2.39. The van der Waals surface area contributed by atoms with Gasteiger partial charge < -0.3 is 0 Å². The predicted octanol–water partition coefficient (Wildman–Crippen LogP) is 4.37. The van der Waals surface area contributed by atoms with Crippen molar-refractivity contribution in [2.45, 2.75) is 51.7 Å². The predicted molar refractivity (Wildman–Crippen MR) is 80.6 cm³/mol. The van der Waals surface area contributed by atoms with Crippen molar-refractivity contribution in [1.82, 2.24) is 10.4 Å². The summed E-state index contributed by atoms with van der Waals surface area (Å²) >= 11 is 9.46. The number of rotatable bonds is 3. The van der Waals surface area contributed by atoms with E-state index in [0.717, 1.165) is 16.0 Å². The molecule has 0 saturated carbocycles. The SMILES string of the molecule is CC1CCCC(C)N1NCc1ccc(Cl)c(Br)c1. The highest BCUT2D eigenvalue weighted by atomic mass is 79.9. The molecule has 0 aliphatic carbocycles. The summed E-state index contributed by atoms with van der Waals surface area (Å²) in [6.07, 6.45) is 3.90. The molecule has 1 aromatic carbocycles. The Hall–Kier alpha value is -0.0900. The Morgan fingerprint density at radius 1 is 1.33 bits per heavy atom. The van der Waals surface area contributed by atoms with E-state index < -0.39 is 0 Å². The maximum absolute atomic E-state index is 6.00. The highest BCUT2D eigenvalue weighted by molar-refractivity contribution is 9.10. The molecule has 0 radical (unpaired) electrons. The van der Waals surface area contributed by atoms with E-state index in [2.05, 4.69) is 52.3 Å². The third kappa shape index (κ3) is 3.47. The van der Waals surface area contributed by atoms with Gasteiger partial charge in [0.2, 0.25) is 0 Å². The van der Waals surface area contributed by atoms with E-state index in [1.54, 1.807) is 0 Å². The van der Waals surface area contributed by atoms with Gasteiger partial charge in [-0.05, 0) is 60.3 Å². The lowest BCUT2D eigenvalue weighted by Crippen LogP contribution is -2.51. The molecule has 1 aromatic rings. The summed E-state index contributed by atoms with van der Waals surface area (Å²) in [6, 6.07) is 7.31. The molecule has 2 atom stereocenters. The van der Waals surface area contributed by atoms with Gasteiger partial charge in [-0.25, -0.2) is 5.01 Å². The minimum Gasteiger partial charge on any atom is -0.250 e. The molecule has 1 aliphatic heterocycles. The van der Waals surface area contributed by atoms with Crippen molar-refractivity contribution < 1.29 is 0 Å². The smallest absolute Gasteiger partial charge is 0.0548 e. The maximum atomic E-state index is 6.00. The Balaban J connectivity index is 1.95. The first kappa shape index (κ1) is 14.3. The summed E-state index contributed by atoms with van der Waals surface area (Å²) in [4.78, 5) is 0. The average Bonchev–Trinajstić information content (AvgIpc) is 2.33. The zero-order valence-corrected chi connectivity index (χ0v) is 13.3. The van der Waals surface area contributed by atoms with Gasteiger partial charge in [0.25, 0.3) is 0 Å². The summed E-state index contributed by atoms with van der Waals surface area (Å²) in [5, 5.41) is 3.16. The molecule has 0 bridgehead atoms. The van der Waals surface area contributed by atoms with Crippen LogP contribution in [0.25, 0.3) is 0 Å². The Labute approximate surface area is 123 Å². The van der Waals surface area contributed by atoms with Crippen LogP contribution in [-0.2, 0) is 6.54 Å². The highest BCUT2D eigenvalue weighted by Crippen LogP contribution is 2.24. The molecule has 1 heterocycles. The monoisotopic (exact) mass is 330 g/mol. The van der Waals surface area contributed by atoms with Crippen molar-refractivity contribution in [3.8, 4) is 0 Å². The van der Waals surface area contributed by atoms with E-state index in [0.29, 0.717) is 12.1 Å². The van der Waals surface area contributed by atoms with Gasteiger partial charge in [-0.15, -0.1) is 0 Å². The van der Waals surface area contributed by atoms with Gasteiger partial charge in [-0.1, -0.05) is 24.1 Å². The number of piperidine rings is 1. The van der Waals surface area contributed by atoms with Crippen molar-refractivity contribution in [2.75, 3.05) is 0 Å². The van der Waals surface area contributed by atoms with E-state index in [4.69, 9.17) is 11.6 Å². The number of benzene rings is 1. The fourth-order valence-electron chi connectivity index (χ4n) is 2.57. The van der Waals surface area contributed by atoms with Crippen LogP contribution in [-0.4, -0.2) is 17.1 Å². The molecule has 1 aliphatic rings. The zero-order chi connectivity index (χ0) is 13.1. The molecular weight excluding hydrogens is 312 g/mol. The molecule has 2 rings (SSSR count). The van der Waals surface area contributed by atoms with Crippen LogP contribution in [0.3, 0.4) is 0 Å². The second-order valence-corrected chi connectivity index (χ2v) is 6.38. The number of hydrogen-bond acceptors (Lipinski definition) is 2. The summed E-state index contributed by atoms with van der Waals surface area (Å²) in [7, 11) is 0. The first-order chi connectivity index (χ1) is 8.58. The number of hydrazine groups is 1. The molecule has 0 amide bonds. The largest absolute Gasteiger partial charge is 0.250 e. The summed E-state index contributed by atoms with van der Waals surface area (Å²) < 4.78 is 0.961. The molecule has 0 aromatic heterocycles. The van der Waals surface area contributed by atoms with E-state index in [1.165, 1.54) is 24.8 Å². The van der Waals surface area contributed by atoms with Crippen LogP contribution in [0.5, 0.6) is 0 Å². The van der Waals surface area contributed by atoms with Crippen LogP contribution in [0.2, 0.25) is 5.02 Å². The second-order valence-electron chi connectivity index (χ2n) is 5.12. The van der Waals surface area contributed by atoms with Gasteiger partial charge in [0, 0.05) is 23.1 Å². The highest BCUT2D eigenvalue weighted by Gasteiger charge is 2.23. The van der Waals surface area contributed by atoms with E-state index in [-0.39, 0.29) is 0 Å². The lowest BCUT2D eigenvalue weighted by molar-refractivity contribution is 0.0435. The molecule has 4 heteroatoms. The Morgan fingerprint density at radius 2 is 2.00 bits per heavy atom. The normalized spacial score (nSPS) is 25.3. The quantitative estimate of drug-likeness (QED) is 0.884. The fourth-order valence-corrected chi connectivity index (χ4v) is 3.11. The average molecular weight is 332 g/mol. The first-order valence-electron chi connectivity index (χ1n) is 6.53. The van der Waals surface area contributed by atoms with Crippen molar-refractivity contribution in [1.29, 1.82) is 0 Å². The first-order valence-corrected chi connectivity index (χ1v) is 7.71. The van der Waals surface area contributed by atoms with Crippen LogP contribution in [0.4, 0.5) is 0 Å². The van der Waals surface area contributed by atoms with Crippen LogP contribution in [0.15, 0.2) is 22.7 Å². The van der Waals surface area contributed by atoms with Gasteiger partial charge in [0.05, 0.1) is 5.02 Å². The topological polar surface area (TPSA) is 15.3 Å².